The monoisotopic (exact) mass is 451 g/mol. The molecule has 0 saturated heterocycles. The Balaban J connectivity index is 1.94. The molecule has 174 valence electrons. The zero-order valence-corrected chi connectivity index (χ0v) is 19.5. The summed E-state index contributed by atoms with van der Waals surface area (Å²) in [5, 5.41) is 4.37. The zero-order valence-electron chi connectivity index (χ0n) is 19.5. The second kappa shape index (κ2) is 10.3. The van der Waals surface area contributed by atoms with Crippen LogP contribution in [0.5, 0.6) is 11.5 Å². The van der Waals surface area contributed by atoms with Crippen molar-refractivity contribution < 1.29 is 28.5 Å². The molecule has 3 aromatic rings. The number of nitrogens with one attached hydrogen (secondary N) is 1. The highest BCUT2D eigenvalue weighted by molar-refractivity contribution is 6.02. The summed E-state index contributed by atoms with van der Waals surface area (Å²) in [6.45, 7) is 5.42. The third-order valence-corrected chi connectivity index (χ3v) is 4.86. The van der Waals surface area contributed by atoms with E-state index < -0.39 is 17.8 Å². The average molecular weight is 452 g/mol. The van der Waals surface area contributed by atoms with Gasteiger partial charge in [0.25, 0.3) is 0 Å². The number of ether oxygens (including phenoxy) is 4. The number of esters is 1. The Morgan fingerprint density at radius 2 is 1.58 bits per heavy atom. The molecule has 0 heterocycles. The Kier molecular flexibility index (Phi) is 7.43. The molecule has 0 bridgehead atoms. The standard InChI is InChI=1S/C26H29NO6/c1-26(2,3)33-25(29)27-21-14-15-22(20-9-7-6-8-19(20)21)32-23(16-24(28)31-5)17-10-12-18(30-4)13-11-17/h6-15,23H,16H2,1-5H3,(H,27,29). The van der Waals surface area contributed by atoms with Crippen LogP contribution in [-0.4, -0.2) is 31.9 Å². The molecule has 1 amide bonds. The van der Waals surface area contributed by atoms with Crippen LogP contribution in [0.25, 0.3) is 10.8 Å². The van der Waals surface area contributed by atoms with Gasteiger partial charge in [0.2, 0.25) is 0 Å². The predicted molar refractivity (Wildman–Crippen MR) is 127 cm³/mol. The van der Waals surface area contributed by atoms with E-state index in [0.717, 1.165) is 16.3 Å². The third-order valence-electron chi connectivity index (χ3n) is 4.86. The molecule has 0 fully saturated rings. The number of fused-ring (bicyclic) bond motifs is 1. The molecule has 1 N–H and O–H groups in total. The Bertz CT molecular complexity index is 1120. The van der Waals surface area contributed by atoms with Crippen LogP contribution in [-0.2, 0) is 14.3 Å². The first-order valence-corrected chi connectivity index (χ1v) is 10.6. The Morgan fingerprint density at radius 1 is 0.909 bits per heavy atom. The number of carbonyl (C=O) groups excluding carboxylic acids is 2. The van der Waals surface area contributed by atoms with Gasteiger partial charge >= 0.3 is 12.1 Å². The van der Waals surface area contributed by atoms with E-state index in [1.54, 1.807) is 19.2 Å². The third kappa shape index (κ3) is 6.38. The molecule has 0 spiro atoms. The van der Waals surface area contributed by atoms with Crippen molar-refractivity contribution in [3.8, 4) is 11.5 Å². The van der Waals surface area contributed by atoms with Crippen molar-refractivity contribution in [2.24, 2.45) is 0 Å². The minimum atomic E-state index is -0.609. The number of rotatable bonds is 7. The van der Waals surface area contributed by atoms with Gasteiger partial charge in [-0.05, 0) is 50.6 Å². The van der Waals surface area contributed by atoms with E-state index in [4.69, 9.17) is 18.9 Å². The molecule has 1 unspecified atom stereocenters. The fourth-order valence-corrected chi connectivity index (χ4v) is 3.33. The van der Waals surface area contributed by atoms with Crippen LogP contribution >= 0.6 is 0 Å². The van der Waals surface area contributed by atoms with Crippen LogP contribution in [0.15, 0.2) is 60.7 Å². The van der Waals surface area contributed by atoms with Crippen molar-refractivity contribution in [2.75, 3.05) is 19.5 Å². The van der Waals surface area contributed by atoms with Crippen LogP contribution in [0.1, 0.15) is 38.9 Å². The lowest BCUT2D eigenvalue weighted by Crippen LogP contribution is -2.27. The van der Waals surface area contributed by atoms with E-state index >= 15 is 0 Å². The van der Waals surface area contributed by atoms with Gasteiger partial charge in [-0.2, -0.15) is 0 Å². The second-order valence-corrected chi connectivity index (χ2v) is 8.44. The summed E-state index contributed by atoms with van der Waals surface area (Å²) in [7, 11) is 2.94. The first kappa shape index (κ1) is 23.9. The number of hydrogen-bond acceptors (Lipinski definition) is 6. The van der Waals surface area contributed by atoms with Crippen LogP contribution in [0.3, 0.4) is 0 Å². The van der Waals surface area contributed by atoms with E-state index in [2.05, 4.69) is 5.32 Å². The predicted octanol–water partition coefficient (Wildman–Crippen LogP) is 5.88. The van der Waals surface area contributed by atoms with Gasteiger partial charge in [0, 0.05) is 10.8 Å². The minimum Gasteiger partial charge on any atom is -0.497 e. The van der Waals surface area contributed by atoms with Gasteiger partial charge in [-0.3, -0.25) is 10.1 Å². The van der Waals surface area contributed by atoms with Crippen molar-refractivity contribution in [1.82, 2.24) is 0 Å². The van der Waals surface area contributed by atoms with E-state index in [9.17, 15) is 9.59 Å². The molecular weight excluding hydrogens is 422 g/mol. The molecule has 0 radical (unpaired) electrons. The molecular formula is C26H29NO6. The highest BCUT2D eigenvalue weighted by Crippen LogP contribution is 2.35. The number of benzene rings is 3. The van der Waals surface area contributed by atoms with Crippen molar-refractivity contribution in [1.29, 1.82) is 0 Å². The Hall–Kier alpha value is -3.74. The van der Waals surface area contributed by atoms with Gasteiger partial charge in [-0.25, -0.2) is 4.79 Å². The number of methoxy groups -OCH3 is 2. The molecule has 0 aliphatic rings. The Labute approximate surface area is 193 Å². The lowest BCUT2D eigenvalue weighted by Gasteiger charge is -2.22. The SMILES string of the molecule is COC(=O)CC(Oc1ccc(NC(=O)OC(C)(C)C)c2ccccc12)c1ccc(OC)cc1. The molecule has 0 aliphatic heterocycles. The van der Waals surface area contributed by atoms with E-state index in [-0.39, 0.29) is 12.4 Å². The minimum absolute atomic E-state index is 0.0368. The van der Waals surface area contributed by atoms with Crippen LogP contribution < -0.4 is 14.8 Å². The summed E-state index contributed by atoms with van der Waals surface area (Å²) in [6.07, 6.45) is -1.07. The number of anilines is 1. The van der Waals surface area contributed by atoms with Crippen LogP contribution in [0.4, 0.5) is 10.5 Å². The van der Waals surface area contributed by atoms with Crippen molar-refractivity contribution >= 4 is 28.5 Å². The average Bonchev–Trinajstić information content (AvgIpc) is 2.78. The van der Waals surface area contributed by atoms with Gasteiger partial charge in [0.15, 0.2) is 0 Å². The highest BCUT2D eigenvalue weighted by atomic mass is 16.6. The fraction of sp³-hybridized carbons (Fsp3) is 0.308. The zero-order chi connectivity index (χ0) is 24.0. The van der Waals surface area contributed by atoms with Gasteiger partial charge < -0.3 is 18.9 Å². The van der Waals surface area contributed by atoms with Crippen LogP contribution in [0.2, 0.25) is 0 Å². The Morgan fingerprint density at radius 3 is 2.18 bits per heavy atom. The van der Waals surface area contributed by atoms with Crippen molar-refractivity contribution in [3.05, 3.63) is 66.2 Å². The number of carbonyl (C=O) groups is 2. The highest BCUT2D eigenvalue weighted by Gasteiger charge is 2.21. The fourth-order valence-electron chi connectivity index (χ4n) is 3.33. The lowest BCUT2D eigenvalue weighted by atomic mass is 10.0. The van der Waals surface area contributed by atoms with Gasteiger partial charge in [0.1, 0.15) is 23.2 Å². The van der Waals surface area contributed by atoms with E-state index in [1.807, 2.05) is 69.3 Å². The molecule has 33 heavy (non-hydrogen) atoms. The van der Waals surface area contributed by atoms with E-state index in [1.165, 1.54) is 7.11 Å². The summed E-state index contributed by atoms with van der Waals surface area (Å²) in [5.74, 6) is 0.895. The molecule has 3 rings (SSSR count). The summed E-state index contributed by atoms with van der Waals surface area (Å²) in [6, 6.07) is 18.4. The summed E-state index contributed by atoms with van der Waals surface area (Å²) < 4.78 is 21.8. The van der Waals surface area contributed by atoms with Gasteiger partial charge in [0.05, 0.1) is 26.3 Å². The molecule has 7 heteroatoms. The summed E-state index contributed by atoms with van der Waals surface area (Å²) >= 11 is 0. The molecule has 0 aromatic heterocycles. The molecule has 1 atom stereocenters. The summed E-state index contributed by atoms with van der Waals surface area (Å²) in [5.41, 5.74) is 0.796. The number of hydrogen-bond donors (Lipinski definition) is 1. The maximum absolute atomic E-state index is 12.3. The van der Waals surface area contributed by atoms with Crippen LogP contribution in [0, 0.1) is 0 Å². The summed E-state index contributed by atoms with van der Waals surface area (Å²) in [4.78, 5) is 24.4. The maximum atomic E-state index is 12.3. The molecule has 0 saturated carbocycles. The van der Waals surface area contributed by atoms with Crippen molar-refractivity contribution in [3.63, 3.8) is 0 Å². The first-order valence-electron chi connectivity index (χ1n) is 10.6. The topological polar surface area (TPSA) is 83.1 Å². The molecule has 0 aliphatic carbocycles. The van der Waals surface area contributed by atoms with Gasteiger partial charge in [-0.15, -0.1) is 0 Å². The first-order chi connectivity index (χ1) is 15.7. The molecule has 7 nitrogen and oxygen atoms in total. The largest absolute Gasteiger partial charge is 0.497 e. The molecule has 3 aromatic carbocycles. The number of amides is 1. The maximum Gasteiger partial charge on any atom is 0.412 e. The van der Waals surface area contributed by atoms with E-state index in [0.29, 0.717) is 17.2 Å². The lowest BCUT2D eigenvalue weighted by molar-refractivity contribution is -0.142. The second-order valence-electron chi connectivity index (χ2n) is 8.44. The van der Waals surface area contributed by atoms with Crippen molar-refractivity contribution in [2.45, 2.75) is 38.9 Å². The normalized spacial score (nSPS) is 12.0. The van der Waals surface area contributed by atoms with Gasteiger partial charge in [-0.1, -0.05) is 36.4 Å². The quantitative estimate of drug-likeness (QED) is 0.452. The smallest absolute Gasteiger partial charge is 0.412 e.